The van der Waals surface area contributed by atoms with Gasteiger partial charge >= 0.3 is 0 Å². The summed E-state index contributed by atoms with van der Waals surface area (Å²) in [6, 6.07) is 0.359. The minimum Gasteiger partial charge on any atom is -0.385 e. The summed E-state index contributed by atoms with van der Waals surface area (Å²) in [5.74, 6) is 0. The monoisotopic (exact) mass is 258 g/mol. The van der Waals surface area contributed by atoms with Gasteiger partial charge in [-0.1, -0.05) is 6.92 Å². The fraction of sp³-hybridized carbons (Fsp3) is 0.750. The van der Waals surface area contributed by atoms with Crippen molar-refractivity contribution in [2.24, 2.45) is 0 Å². The topological polar surface area (TPSA) is 43.4 Å². The van der Waals surface area contributed by atoms with Crippen molar-refractivity contribution in [3.8, 4) is 0 Å². The highest BCUT2D eigenvalue weighted by atomic mass is 32.1. The number of ether oxygens (including phenoxy) is 2. The van der Waals surface area contributed by atoms with Gasteiger partial charge in [-0.25, -0.2) is 4.98 Å². The Morgan fingerprint density at radius 1 is 1.41 bits per heavy atom. The molecule has 0 aliphatic rings. The molecule has 0 amide bonds. The predicted octanol–water partition coefficient (Wildman–Crippen LogP) is 2.24. The Morgan fingerprint density at radius 2 is 2.29 bits per heavy atom. The van der Waals surface area contributed by atoms with Gasteiger partial charge in [0.1, 0.15) is 5.01 Å². The summed E-state index contributed by atoms with van der Waals surface area (Å²) < 4.78 is 10.4. The second-order valence-corrected chi connectivity index (χ2v) is 4.67. The Balaban J connectivity index is 2.04. The van der Waals surface area contributed by atoms with Crippen LogP contribution in [0.4, 0.5) is 0 Å². The Hall–Kier alpha value is -0.490. The Kier molecular flexibility index (Phi) is 8.17. The number of thiazole rings is 1. The van der Waals surface area contributed by atoms with Gasteiger partial charge in [0.2, 0.25) is 0 Å². The van der Waals surface area contributed by atoms with Gasteiger partial charge in [-0.15, -0.1) is 11.3 Å². The molecule has 1 rings (SSSR count). The van der Waals surface area contributed by atoms with E-state index in [4.69, 9.17) is 9.47 Å². The molecule has 4 nitrogen and oxygen atoms in total. The summed E-state index contributed by atoms with van der Waals surface area (Å²) in [7, 11) is 1.71. The zero-order valence-electron chi connectivity index (χ0n) is 10.6. The first-order valence-corrected chi connectivity index (χ1v) is 6.96. The molecule has 0 saturated heterocycles. The molecular formula is C12H22N2O2S. The molecule has 0 bridgehead atoms. The lowest BCUT2D eigenvalue weighted by Crippen LogP contribution is -2.25. The van der Waals surface area contributed by atoms with Crippen LogP contribution in [-0.4, -0.2) is 38.5 Å². The molecule has 98 valence electrons. The molecular weight excluding hydrogens is 236 g/mol. The van der Waals surface area contributed by atoms with Gasteiger partial charge in [0.15, 0.2) is 0 Å². The van der Waals surface area contributed by atoms with E-state index >= 15 is 0 Å². The van der Waals surface area contributed by atoms with Crippen LogP contribution in [0, 0.1) is 0 Å². The Bertz CT molecular complexity index is 267. The number of rotatable bonds is 10. The molecule has 1 heterocycles. The summed E-state index contributed by atoms with van der Waals surface area (Å²) >= 11 is 1.70. The number of hydrogen-bond donors (Lipinski definition) is 1. The van der Waals surface area contributed by atoms with Crippen LogP contribution in [0.3, 0.4) is 0 Å². The van der Waals surface area contributed by atoms with Crippen LogP contribution < -0.4 is 5.32 Å². The number of methoxy groups -OCH3 is 1. The zero-order valence-corrected chi connectivity index (χ0v) is 11.5. The molecule has 5 heteroatoms. The molecule has 1 atom stereocenters. The summed E-state index contributed by atoms with van der Waals surface area (Å²) in [4.78, 5) is 4.33. The average molecular weight is 258 g/mol. The first-order chi connectivity index (χ1) is 8.38. The fourth-order valence-corrected chi connectivity index (χ4v) is 2.32. The van der Waals surface area contributed by atoms with Crippen LogP contribution in [0.15, 0.2) is 11.6 Å². The van der Waals surface area contributed by atoms with Gasteiger partial charge in [-0.3, -0.25) is 0 Å². The highest BCUT2D eigenvalue weighted by Crippen LogP contribution is 2.18. The normalized spacial score (nSPS) is 12.8. The van der Waals surface area contributed by atoms with E-state index in [0.29, 0.717) is 6.04 Å². The molecule has 1 aromatic rings. The van der Waals surface area contributed by atoms with E-state index in [9.17, 15) is 0 Å². The van der Waals surface area contributed by atoms with E-state index in [1.807, 2.05) is 11.6 Å². The van der Waals surface area contributed by atoms with Crippen LogP contribution in [-0.2, 0) is 9.47 Å². The fourth-order valence-electron chi connectivity index (χ4n) is 1.53. The number of aromatic nitrogens is 1. The molecule has 17 heavy (non-hydrogen) atoms. The van der Waals surface area contributed by atoms with Gasteiger partial charge in [-0.05, 0) is 12.8 Å². The Morgan fingerprint density at radius 3 is 2.94 bits per heavy atom. The van der Waals surface area contributed by atoms with Crippen LogP contribution >= 0.6 is 11.3 Å². The second-order valence-electron chi connectivity index (χ2n) is 3.74. The van der Waals surface area contributed by atoms with E-state index in [0.717, 1.165) is 44.2 Å². The third kappa shape index (κ3) is 6.12. The molecule has 0 aliphatic carbocycles. The van der Waals surface area contributed by atoms with Crippen LogP contribution in [0.2, 0.25) is 0 Å². The van der Waals surface area contributed by atoms with Crippen LogP contribution in [0.25, 0.3) is 0 Å². The van der Waals surface area contributed by atoms with Crippen molar-refractivity contribution in [1.82, 2.24) is 10.3 Å². The standard InChI is InChI=1S/C12H22N2O2S/c1-3-11(12-14-6-10-17-12)13-5-9-16-8-4-7-15-2/h6,10-11,13H,3-5,7-9H2,1-2H3. The lowest BCUT2D eigenvalue weighted by molar-refractivity contribution is 0.103. The van der Waals surface area contributed by atoms with Crippen molar-refractivity contribution in [2.75, 3.05) is 33.5 Å². The molecule has 0 spiro atoms. The van der Waals surface area contributed by atoms with Crippen LogP contribution in [0.1, 0.15) is 30.8 Å². The summed E-state index contributed by atoms with van der Waals surface area (Å²) in [6.45, 7) is 5.31. The maximum atomic E-state index is 5.49. The molecule has 0 fully saturated rings. The van der Waals surface area contributed by atoms with Crippen molar-refractivity contribution in [2.45, 2.75) is 25.8 Å². The van der Waals surface area contributed by atoms with E-state index in [2.05, 4.69) is 17.2 Å². The number of hydrogen-bond acceptors (Lipinski definition) is 5. The van der Waals surface area contributed by atoms with Gasteiger partial charge in [0, 0.05) is 38.4 Å². The first kappa shape index (κ1) is 14.6. The summed E-state index contributed by atoms with van der Waals surface area (Å²) in [6.07, 6.45) is 3.86. The molecule has 1 N–H and O–H groups in total. The molecule has 0 aliphatic heterocycles. The predicted molar refractivity (Wildman–Crippen MR) is 70.5 cm³/mol. The van der Waals surface area contributed by atoms with E-state index in [1.165, 1.54) is 0 Å². The third-order valence-corrected chi connectivity index (χ3v) is 3.32. The minimum atomic E-state index is 0.359. The maximum absolute atomic E-state index is 5.49. The van der Waals surface area contributed by atoms with E-state index in [1.54, 1.807) is 18.4 Å². The Labute approximate surface area is 107 Å². The maximum Gasteiger partial charge on any atom is 0.109 e. The third-order valence-electron chi connectivity index (χ3n) is 2.43. The average Bonchev–Trinajstić information content (AvgIpc) is 2.86. The molecule has 0 saturated carbocycles. The van der Waals surface area contributed by atoms with Gasteiger partial charge in [-0.2, -0.15) is 0 Å². The second kappa shape index (κ2) is 9.53. The van der Waals surface area contributed by atoms with Crippen molar-refractivity contribution in [3.05, 3.63) is 16.6 Å². The molecule has 1 aromatic heterocycles. The largest absolute Gasteiger partial charge is 0.385 e. The number of nitrogens with one attached hydrogen (secondary N) is 1. The SMILES string of the molecule is CCC(NCCOCCCOC)c1nccs1. The smallest absolute Gasteiger partial charge is 0.109 e. The number of nitrogens with zero attached hydrogens (tertiary/aromatic N) is 1. The highest BCUT2D eigenvalue weighted by Gasteiger charge is 2.10. The molecule has 1 unspecified atom stereocenters. The quantitative estimate of drug-likeness (QED) is 0.654. The van der Waals surface area contributed by atoms with Gasteiger partial charge < -0.3 is 14.8 Å². The van der Waals surface area contributed by atoms with Crippen molar-refractivity contribution in [1.29, 1.82) is 0 Å². The van der Waals surface area contributed by atoms with Crippen molar-refractivity contribution >= 4 is 11.3 Å². The van der Waals surface area contributed by atoms with E-state index in [-0.39, 0.29) is 0 Å². The lowest BCUT2D eigenvalue weighted by atomic mass is 10.2. The minimum absolute atomic E-state index is 0.359. The van der Waals surface area contributed by atoms with E-state index < -0.39 is 0 Å². The molecule has 0 radical (unpaired) electrons. The summed E-state index contributed by atoms with van der Waals surface area (Å²) in [5.41, 5.74) is 0. The molecule has 0 aromatic carbocycles. The van der Waals surface area contributed by atoms with Crippen LogP contribution in [0.5, 0.6) is 0 Å². The highest BCUT2D eigenvalue weighted by molar-refractivity contribution is 7.09. The lowest BCUT2D eigenvalue weighted by Gasteiger charge is -2.14. The van der Waals surface area contributed by atoms with Crippen molar-refractivity contribution in [3.63, 3.8) is 0 Å². The van der Waals surface area contributed by atoms with Gasteiger partial charge in [0.25, 0.3) is 0 Å². The van der Waals surface area contributed by atoms with Crippen molar-refractivity contribution < 1.29 is 9.47 Å². The summed E-state index contributed by atoms with van der Waals surface area (Å²) in [5, 5.41) is 6.63. The van der Waals surface area contributed by atoms with Gasteiger partial charge in [0.05, 0.1) is 12.6 Å². The zero-order chi connectivity index (χ0) is 12.3. The first-order valence-electron chi connectivity index (χ1n) is 6.08.